The number of hydrogen-bond donors (Lipinski definition) is 1. The molecule has 7 heteroatoms. The molecular formula is C23H24N2O5. The number of hydrogen-bond acceptors (Lipinski definition) is 5. The number of nitrogens with one attached hydrogen (secondary N) is 1. The highest BCUT2D eigenvalue weighted by Crippen LogP contribution is 2.25. The number of benzene rings is 2. The number of carbonyl (C=O) groups excluding carboxylic acids is 4. The van der Waals surface area contributed by atoms with Gasteiger partial charge >= 0.3 is 5.97 Å². The average Bonchev–Trinajstić information content (AvgIpc) is 2.98. The van der Waals surface area contributed by atoms with Gasteiger partial charge in [0.2, 0.25) is 0 Å². The highest BCUT2D eigenvalue weighted by Gasteiger charge is 2.41. The molecular weight excluding hydrogens is 384 g/mol. The normalized spacial score (nSPS) is 15.0. The van der Waals surface area contributed by atoms with Gasteiger partial charge in [0, 0.05) is 5.69 Å². The largest absolute Gasteiger partial charge is 0.451 e. The van der Waals surface area contributed by atoms with Crippen molar-refractivity contribution in [3.05, 3.63) is 65.2 Å². The van der Waals surface area contributed by atoms with Crippen LogP contribution in [-0.2, 0) is 14.3 Å². The van der Waals surface area contributed by atoms with Crippen LogP contribution in [0, 0.1) is 0 Å². The van der Waals surface area contributed by atoms with E-state index in [9.17, 15) is 19.2 Å². The molecule has 2 aromatic rings. The summed E-state index contributed by atoms with van der Waals surface area (Å²) in [5.74, 6) is -2.07. The Morgan fingerprint density at radius 2 is 1.40 bits per heavy atom. The molecule has 0 unspecified atom stereocenters. The van der Waals surface area contributed by atoms with E-state index in [1.807, 2.05) is 12.1 Å². The summed E-state index contributed by atoms with van der Waals surface area (Å²) in [5, 5.41) is 2.69. The van der Waals surface area contributed by atoms with Crippen molar-refractivity contribution in [3.63, 3.8) is 0 Å². The molecule has 0 spiro atoms. The smallest absolute Gasteiger partial charge is 0.329 e. The molecule has 0 radical (unpaired) electrons. The first-order chi connectivity index (χ1) is 14.2. The van der Waals surface area contributed by atoms with E-state index >= 15 is 0 Å². The Hall–Kier alpha value is -3.48. The van der Waals surface area contributed by atoms with Gasteiger partial charge in [0.05, 0.1) is 11.1 Å². The lowest BCUT2D eigenvalue weighted by Gasteiger charge is -2.22. The van der Waals surface area contributed by atoms with Crippen molar-refractivity contribution in [3.8, 4) is 0 Å². The zero-order valence-corrected chi connectivity index (χ0v) is 17.3. The Balaban J connectivity index is 1.61. The van der Waals surface area contributed by atoms with Gasteiger partial charge in [-0.05, 0) is 49.6 Å². The number of carbonyl (C=O) groups is 4. The van der Waals surface area contributed by atoms with Gasteiger partial charge in [-0.3, -0.25) is 19.3 Å². The number of anilines is 1. The van der Waals surface area contributed by atoms with Gasteiger partial charge in [-0.1, -0.05) is 38.1 Å². The molecule has 1 heterocycles. The van der Waals surface area contributed by atoms with Crippen LogP contribution in [0.25, 0.3) is 0 Å². The van der Waals surface area contributed by atoms with Crippen LogP contribution in [0.3, 0.4) is 0 Å². The Morgan fingerprint density at radius 1 is 0.867 bits per heavy atom. The highest BCUT2D eigenvalue weighted by molar-refractivity contribution is 6.22. The maximum absolute atomic E-state index is 12.5. The quantitative estimate of drug-likeness (QED) is 0.584. The first-order valence-electron chi connectivity index (χ1n) is 9.79. The minimum atomic E-state index is -1.15. The number of nitrogens with zero attached hydrogens (tertiary/aromatic N) is 1. The molecule has 0 bridgehead atoms. The number of imide groups is 1. The monoisotopic (exact) mass is 408 g/mol. The minimum absolute atomic E-state index is 0.248. The maximum Gasteiger partial charge on any atom is 0.329 e. The maximum atomic E-state index is 12.5. The Bertz CT molecular complexity index is 962. The number of ether oxygens (including phenoxy) is 1. The van der Waals surface area contributed by atoms with Gasteiger partial charge in [0.1, 0.15) is 6.04 Å². The first kappa shape index (κ1) is 21.2. The molecule has 156 valence electrons. The molecule has 1 aliphatic heterocycles. The van der Waals surface area contributed by atoms with Crippen LogP contribution in [-0.4, -0.2) is 40.7 Å². The van der Waals surface area contributed by atoms with E-state index in [2.05, 4.69) is 19.2 Å². The van der Waals surface area contributed by atoms with Crippen LogP contribution in [0.4, 0.5) is 5.69 Å². The zero-order chi connectivity index (χ0) is 22.0. The molecule has 1 aliphatic rings. The van der Waals surface area contributed by atoms with Gasteiger partial charge < -0.3 is 10.1 Å². The van der Waals surface area contributed by atoms with Gasteiger partial charge in [-0.25, -0.2) is 4.79 Å². The van der Waals surface area contributed by atoms with Crippen molar-refractivity contribution in [2.45, 2.75) is 45.8 Å². The van der Waals surface area contributed by atoms with Gasteiger partial charge in [-0.15, -0.1) is 0 Å². The SMILES string of the molecule is CC(C)c1ccc(NC(=O)[C@H](C)OC(=O)[C@H](C)N2C(=O)c3ccccc3C2=O)cc1. The minimum Gasteiger partial charge on any atom is -0.451 e. The van der Waals surface area contributed by atoms with Crippen LogP contribution >= 0.6 is 0 Å². The third-order valence-corrected chi connectivity index (χ3v) is 5.06. The second-order valence-electron chi connectivity index (χ2n) is 7.55. The summed E-state index contributed by atoms with van der Waals surface area (Å²) in [6.45, 7) is 6.99. The summed E-state index contributed by atoms with van der Waals surface area (Å²) in [5.41, 5.74) is 2.22. The number of rotatable bonds is 6. The Kier molecular flexibility index (Phi) is 6.01. The molecule has 0 aliphatic carbocycles. The van der Waals surface area contributed by atoms with E-state index in [1.54, 1.807) is 24.3 Å². The fourth-order valence-corrected chi connectivity index (χ4v) is 3.19. The van der Waals surface area contributed by atoms with Crippen molar-refractivity contribution in [1.82, 2.24) is 4.90 Å². The third kappa shape index (κ3) is 4.10. The Labute approximate surface area is 175 Å². The van der Waals surface area contributed by atoms with E-state index in [1.165, 1.54) is 26.0 Å². The molecule has 2 aromatic carbocycles. The summed E-state index contributed by atoms with van der Waals surface area (Å²) >= 11 is 0. The number of amides is 3. The van der Waals surface area contributed by atoms with E-state index in [0.717, 1.165) is 10.5 Å². The van der Waals surface area contributed by atoms with Crippen LogP contribution in [0.15, 0.2) is 48.5 Å². The number of esters is 1. The predicted molar refractivity (Wildman–Crippen MR) is 111 cm³/mol. The molecule has 0 saturated heterocycles. The second-order valence-corrected chi connectivity index (χ2v) is 7.55. The van der Waals surface area contributed by atoms with Crippen LogP contribution < -0.4 is 5.32 Å². The lowest BCUT2D eigenvalue weighted by molar-refractivity contribution is -0.156. The van der Waals surface area contributed by atoms with Crippen LogP contribution in [0.2, 0.25) is 0 Å². The summed E-state index contributed by atoms with van der Waals surface area (Å²) in [4.78, 5) is 50.8. The third-order valence-electron chi connectivity index (χ3n) is 5.06. The molecule has 3 rings (SSSR count). The fraction of sp³-hybridized carbons (Fsp3) is 0.304. The summed E-state index contributed by atoms with van der Waals surface area (Å²) in [6.07, 6.45) is -1.10. The van der Waals surface area contributed by atoms with Crippen molar-refractivity contribution < 1.29 is 23.9 Å². The summed E-state index contributed by atoms with van der Waals surface area (Å²) in [7, 11) is 0. The van der Waals surface area contributed by atoms with E-state index in [0.29, 0.717) is 11.6 Å². The van der Waals surface area contributed by atoms with Gasteiger partial charge in [0.25, 0.3) is 17.7 Å². The molecule has 0 aromatic heterocycles. The molecule has 30 heavy (non-hydrogen) atoms. The van der Waals surface area contributed by atoms with Crippen molar-refractivity contribution in [1.29, 1.82) is 0 Å². The van der Waals surface area contributed by atoms with Crippen molar-refractivity contribution >= 4 is 29.4 Å². The van der Waals surface area contributed by atoms with E-state index in [4.69, 9.17) is 4.74 Å². The molecule has 7 nitrogen and oxygen atoms in total. The average molecular weight is 408 g/mol. The predicted octanol–water partition coefficient (Wildman–Crippen LogP) is 3.36. The number of fused-ring (bicyclic) bond motifs is 1. The molecule has 0 saturated carbocycles. The van der Waals surface area contributed by atoms with E-state index in [-0.39, 0.29) is 11.1 Å². The standard InChI is InChI=1S/C23H24N2O5/c1-13(2)16-9-11-17(12-10-16)24-20(26)15(4)30-23(29)14(3)25-21(27)18-7-5-6-8-19(18)22(25)28/h5-15H,1-4H3,(H,24,26)/t14-,15-/m0/s1. The molecule has 3 amide bonds. The van der Waals surface area contributed by atoms with Crippen molar-refractivity contribution in [2.75, 3.05) is 5.32 Å². The lowest BCUT2D eigenvalue weighted by atomic mass is 10.0. The van der Waals surface area contributed by atoms with E-state index < -0.39 is 35.8 Å². The van der Waals surface area contributed by atoms with Gasteiger partial charge in [0.15, 0.2) is 6.10 Å². The zero-order valence-electron chi connectivity index (χ0n) is 17.3. The first-order valence-corrected chi connectivity index (χ1v) is 9.79. The second kappa shape index (κ2) is 8.49. The van der Waals surface area contributed by atoms with Gasteiger partial charge in [-0.2, -0.15) is 0 Å². The summed E-state index contributed by atoms with van der Waals surface area (Å²) in [6, 6.07) is 12.6. The molecule has 1 N–H and O–H groups in total. The highest BCUT2D eigenvalue weighted by atomic mass is 16.5. The Morgan fingerprint density at radius 3 is 1.90 bits per heavy atom. The van der Waals surface area contributed by atoms with Crippen molar-refractivity contribution in [2.24, 2.45) is 0 Å². The molecule has 2 atom stereocenters. The molecule has 0 fully saturated rings. The fourth-order valence-electron chi connectivity index (χ4n) is 3.19. The van der Waals surface area contributed by atoms with Crippen LogP contribution in [0.5, 0.6) is 0 Å². The summed E-state index contributed by atoms with van der Waals surface area (Å²) < 4.78 is 5.22. The van der Waals surface area contributed by atoms with Crippen LogP contribution in [0.1, 0.15) is 59.9 Å². The lowest BCUT2D eigenvalue weighted by Crippen LogP contribution is -2.45. The topological polar surface area (TPSA) is 92.8 Å².